The van der Waals surface area contributed by atoms with Crippen molar-refractivity contribution >= 4 is 5.91 Å². The van der Waals surface area contributed by atoms with Gasteiger partial charge in [-0.1, -0.05) is 6.92 Å². The van der Waals surface area contributed by atoms with Crippen molar-refractivity contribution < 1.29 is 4.79 Å². The molecule has 1 fully saturated rings. The zero-order chi connectivity index (χ0) is 18.1. The van der Waals surface area contributed by atoms with Crippen LogP contribution < -0.4 is 5.56 Å². The summed E-state index contributed by atoms with van der Waals surface area (Å²) in [6, 6.07) is 1.55. The van der Waals surface area contributed by atoms with Crippen LogP contribution in [0.5, 0.6) is 0 Å². The lowest BCUT2D eigenvalue weighted by atomic mass is 9.82. The predicted octanol–water partition coefficient (Wildman–Crippen LogP) is 1.05. The van der Waals surface area contributed by atoms with Gasteiger partial charge in [-0.15, -0.1) is 0 Å². The summed E-state index contributed by atoms with van der Waals surface area (Å²) >= 11 is 0. The third kappa shape index (κ3) is 3.40. The van der Waals surface area contributed by atoms with E-state index in [-0.39, 0.29) is 17.4 Å². The molecule has 0 spiro atoms. The molecule has 8 nitrogen and oxygen atoms in total. The Kier molecular flexibility index (Phi) is 4.57. The molecular weight excluding hydrogens is 332 g/mol. The Morgan fingerprint density at radius 2 is 2.04 bits per heavy atom. The Morgan fingerprint density at radius 1 is 1.23 bits per heavy atom. The number of nitrogens with zero attached hydrogens (tertiary/aromatic N) is 6. The van der Waals surface area contributed by atoms with Crippen molar-refractivity contribution in [1.82, 2.24) is 29.2 Å². The molecule has 8 heteroatoms. The molecule has 0 unspecified atom stereocenters. The van der Waals surface area contributed by atoms with E-state index in [4.69, 9.17) is 0 Å². The molecule has 0 aromatic carbocycles. The van der Waals surface area contributed by atoms with Gasteiger partial charge in [0, 0.05) is 25.1 Å². The number of carbonyl (C=O) groups excluding carboxylic acids is 1. The Labute approximate surface area is 151 Å². The van der Waals surface area contributed by atoms with Crippen LogP contribution >= 0.6 is 0 Å². The van der Waals surface area contributed by atoms with Crippen LogP contribution in [0, 0.1) is 11.8 Å². The summed E-state index contributed by atoms with van der Waals surface area (Å²) in [5, 5.41) is 4.06. The molecule has 1 aliphatic heterocycles. The predicted molar refractivity (Wildman–Crippen MR) is 94.2 cm³/mol. The molecular formula is C18H24N6O2. The third-order valence-electron chi connectivity index (χ3n) is 5.53. The van der Waals surface area contributed by atoms with E-state index in [2.05, 4.69) is 22.0 Å². The van der Waals surface area contributed by atoms with Crippen LogP contribution in [0.15, 0.2) is 23.5 Å². The highest BCUT2D eigenvalue weighted by Crippen LogP contribution is 2.30. The van der Waals surface area contributed by atoms with Crippen LogP contribution in [-0.2, 0) is 24.4 Å². The molecule has 0 radical (unpaired) electrons. The molecule has 4 rings (SSSR count). The Morgan fingerprint density at radius 3 is 2.77 bits per heavy atom. The fraction of sp³-hybridized carbons (Fsp3) is 0.611. The number of amides is 1. The second kappa shape index (κ2) is 7.01. The minimum absolute atomic E-state index is 0.0660. The summed E-state index contributed by atoms with van der Waals surface area (Å²) in [6.07, 6.45) is 7.25. The number of carbonyl (C=O) groups is 1. The fourth-order valence-electron chi connectivity index (χ4n) is 3.95. The molecule has 0 bridgehead atoms. The molecule has 0 N–H and O–H groups in total. The van der Waals surface area contributed by atoms with E-state index in [0.717, 1.165) is 31.6 Å². The second-order valence-corrected chi connectivity index (χ2v) is 7.46. The average Bonchev–Trinajstić information content (AvgIpc) is 3.14. The molecule has 1 saturated carbocycles. The van der Waals surface area contributed by atoms with Crippen molar-refractivity contribution in [3.05, 3.63) is 40.6 Å². The molecule has 2 aliphatic rings. The smallest absolute Gasteiger partial charge is 0.253 e. The first-order valence-electron chi connectivity index (χ1n) is 9.31. The maximum absolute atomic E-state index is 12.9. The van der Waals surface area contributed by atoms with Crippen LogP contribution in [0.3, 0.4) is 0 Å². The first-order chi connectivity index (χ1) is 12.6. The summed E-state index contributed by atoms with van der Waals surface area (Å²) in [5.41, 5.74) is 0.580. The summed E-state index contributed by atoms with van der Waals surface area (Å²) < 4.78 is 3.31. The number of rotatable bonds is 3. The molecule has 3 heterocycles. The lowest BCUT2D eigenvalue weighted by Gasteiger charge is -2.34. The molecule has 2 aromatic heterocycles. The van der Waals surface area contributed by atoms with Gasteiger partial charge in [0.15, 0.2) is 0 Å². The second-order valence-electron chi connectivity index (χ2n) is 7.46. The highest BCUT2D eigenvalue weighted by Gasteiger charge is 2.30. The zero-order valence-electron chi connectivity index (χ0n) is 15.0. The van der Waals surface area contributed by atoms with Gasteiger partial charge < -0.3 is 4.90 Å². The van der Waals surface area contributed by atoms with Gasteiger partial charge >= 0.3 is 0 Å². The lowest BCUT2D eigenvalue weighted by Crippen LogP contribution is -2.45. The van der Waals surface area contributed by atoms with Gasteiger partial charge in [0.25, 0.3) is 5.56 Å². The molecule has 138 valence electrons. The van der Waals surface area contributed by atoms with Crippen LogP contribution in [0.2, 0.25) is 0 Å². The maximum Gasteiger partial charge on any atom is 0.253 e. The number of hydrogen-bond donors (Lipinski definition) is 0. The summed E-state index contributed by atoms with van der Waals surface area (Å²) in [5.74, 6) is 1.74. The van der Waals surface area contributed by atoms with Gasteiger partial charge in [0.2, 0.25) is 5.91 Å². The van der Waals surface area contributed by atoms with E-state index in [1.54, 1.807) is 21.6 Å². The van der Waals surface area contributed by atoms with Gasteiger partial charge in [0.1, 0.15) is 18.5 Å². The summed E-state index contributed by atoms with van der Waals surface area (Å²) in [6.45, 7) is 4.16. The van der Waals surface area contributed by atoms with Crippen molar-refractivity contribution in [2.24, 2.45) is 11.8 Å². The van der Waals surface area contributed by atoms with E-state index in [0.29, 0.717) is 37.7 Å². The first-order valence-corrected chi connectivity index (χ1v) is 9.31. The van der Waals surface area contributed by atoms with Gasteiger partial charge in [-0.05, 0) is 31.6 Å². The first kappa shape index (κ1) is 16.9. The quantitative estimate of drug-likeness (QED) is 0.821. The molecule has 0 atom stereocenters. The molecule has 1 aliphatic carbocycles. The van der Waals surface area contributed by atoms with E-state index >= 15 is 0 Å². The summed E-state index contributed by atoms with van der Waals surface area (Å²) in [4.78, 5) is 35.7. The highest BCUT2D eigenvalue weighted by atomic mass is 16.2. The van der Waals surface area contributed by atoms with Crippen molar-refractivity contribution in [3.8, 4) is 0 Å². The van der Waals surface area contributed by atoms with Crippen LogP contribution in [0.1, 0.15) is 44.1 Å². The number of aromatic nitrogens is 5. The number of hydrogen-bond acceptors (Lipinski definition) is 5. The van der Waals surface area contributed by atoms with Crippen molar-refractivity contribution in [2.45, 2.75) is 52.2 Å². The molecule has 0 saturated heterocycles. The normalized spacial score (nSPS) is 22.9. The number of fused-ring (bicyclic) bond motifs is 1. The lowest BCUT2D eigenvalue weighted by molar-refractivity contribution is -0.138. The SMILES string of the molecule is CC1CCC(C(=O)N2CCn3c(nc(Cn4cncn4)cc3=O)C2)CC1. The van der Waals surface area contributed by atoms with Gasteiger partial charge in [-0.25, -0.2) is 14.6 Å². The van der Waals surface area contributed by atoms with E-state index in [1.165, 1.54) is 6.33 Å². The minimum atomic E-state index is -0.0660. The third-order valence-corrected chi connectivity index (χ3v) is 5.53. The van der Waals surface area contributed by atoms with E-state index < -0.39 is 0 Å². The monoisotopic (exact) mass is 356 g/mol. The fourth-order valence-corrected chi connectivity index (χ4v) is 3.95. The van der Waals surface area contributed by atoms with E-state index in [9.17, 15) is 9.59 Å². The largest absolute Gasteiger partial charge is 0.333 e. The highest BCUT2D eigenvalue weighted by molar-refractivity contribution is 5.79. The van der Waals surface area contributed by atoms with E-state index in [1.807, 2.05) is 4.90 Å². The Bertz CT molecular complexity index is 836. The van der Waals surface area contributed by atoms with Crippen molar-refractivity contribution in [1.29, 1.82) is 0 Å². The zero-order valence-corrected chi connectivity index (χ0v) is 15.0. The van der Waals surface area contributed by atoms with Gasteiger partial charge in [-0.3, -0.25) is 14.2 Å². The van der Waals surface area contributed by atoms with Crippen LogP contribution in [0.25, 0.3) is 0 Å². The van der Waals surface area contributed by atoms with Crippen LogP contribution in [0.4, 0.5) is 0 Å². The average molecular weight is 356 g/mol. The van der Waals surface area contributed by atoms with Crippen molar-refractivity contribution in [3.63, 3.8) is 0 Å². The van der Waals surface area contributed by atoms with Crippen molar-refractivity contribution in [2.75, 3.05) is 6.54 Å². The topological polar surface area (TPSA) is 85.9 Å². The Hall–Kier alpha value is -2.51. The molecule has 2 aromatic rings. The molecule has 26 heavy (non-hydrogen) atoms. The Balaban J connectivity index is 1.51. The van der Waals surface area contributed by atoms with Crippen LogP contribution in [-0.4, -0.2) is 41.7 Å². The van der Waals surface area contributed by atoms with Gasteiger partial charge in [0.05, 0.1) is 18.8 Å². The summed E-state index contributed by atoms with van der Waals surface area (Å²) in [7, 11) is 0. The van der Waals surface area contributed by atoms with Gasteiger partial charge in [-0.2, -0.15) is 5.10 Å². The minimum Gasteiger partial charge on any atom is -0.333 e. The standard InChI is InChI=1S/C18H24N6O2/c1-13-2-4-14(5-3-13)18(26)22-6-7-24-16(10-22)21-15(8-17(24)25)9-23-12-19-11-20-23/h8,11-14H,2-7,9-10H2,1H3. The molecule has 1 amide bonds. The maximum atomic E-state index is 12.9.